The second-order valence-corrected chi connectivity index (χ2v) is 2.99. The summed E-state index contributed by atoms with van der Waals surface area (Å²) in [6.45, 7) is 1.53. The summed E-state index contributed by atoms with van der Waals surface area (Å²) in [5, 5.41) is 13.8. The molecule has 0 aliphatic carbocycles. The third kappa shape index (κ3) is 3.03. The predicted octanol–water partition coefficient (Wildman–Crippen LogP) is 0.111. The van der Waals surface area contributed by atoms with Crippen LogP contribution in [0, 0.1) is 11.5 Å². The average Bonchev–Trinajstić information content (AvgIpc) is 2.53. The highest BCUT2D eigenvalue weighted by Crippen LogP contribution is 2.10. The molecule has 1 atom stereocenters. The van der Waals surface area contributed by atoms with E-state index >= 15 is 0 Å². The van der Waals surface area contributed by atoms with Gasteiger partial charge in [-0.3, -0.25) is 5.32 Å². The molecule has 1 aliphatic rings. The molecule has 5 heteroatoms. The monoisotopic (exact) mass is 185 g/mol. The van der Waals surface area contributed by atoms with Crippen molar-refractivity contribution >= 4 is 17.3 Å². The summed E-state index contributed by atoms with van der Waals surface area (Å²) >= 11 is 4.79. The van der Waals surface area contributed by atoms with Crippen molar-refractivity contribution in [2.75, 3.05) is 13.2 Å². The van der Waals surface area contributed by atoms with Crippen molar-refractivity contribution in [1.82, 2.24) is 10.6 Å². The van der Waals surface area contributed by atoms with Crippen LogP contribution in [-0.2, 0) is 4.74 Å². The van der Waals surface area contributed by atoms with Crippen LogP contribution in [0.2, 0.25) is 0 Å². The van der Waals surface area contributed by atoms with Crippen molar-refractivity contribution in [3.8, 4) is 6.19 Å². The number of hydrogen-bond acceptors (Lipinski definition) is 3. The zero-order valence-electron chi connectivity index (χ0n) is 6.67. The summed E-state index contributed by atoms with van der Waals surface area (Å²) in [5.74, 6) is 0. The van der Waals surface area contributed by atoms with Crippen LogP contribution in [0.3, 0.4) is 0 Å². The molecule has 0 saturated carbocycles. The van der Waals surface area contributed by atoms with Crippen molar-refractivity contribution in [2.24, 2.45) is 0 Å². The van der Waals surface area contributed by atoms with Gasteiger partial charge in [0.15, 0.2) is 11.3 Å². The number of ether oxygens (including phenoxy) is 1. The van der Waals surface area contributed by atoms with E-state index in [-0.39, 0.29) is 6.10 Å². The minimum atomic E-state index is 0.253. The molecule has 1 fully saturated rings. The van der Waals surface area contributed by atoms with Gasteiger partial charge in [0.2, 0.25) is 0 Å². The number of nitriles is 1. The minimum Gasteiger partial charge on any atom is -0.376 e. The zero-order valence-corrected chi connectivity index (χ0v) is 7.49. The number of thiocarbonyl (C=S) groups is 1. The minimum absolute atomic E-state index is 0.253. The molecule has 1 aliphatic heterocycles. The van der Waals surface area contributed by atoms with E-state index in [1.54, 1.807) is 6.19 Å². The molecule has 0 aromatic heterocycles. The van der Waals surface area contributed by atoms with Crippen molar-refractivity contribution in [3.05, 3.63) is 0 Å². The highest BCUT2D eigenvalue weighted by Gasteiger charge is 2.14. The summed E-state index contributed by atoms with van der Waals surface area (Å²) in [7, 11) is 0. The van der Waals surface area contributed by atoms with Gasteiger partial charge >= 0.3 is 0 Å². The van der Waals surface area contributed by atoms with E-state index in [0.29, 0.717) is 11.7 Å². The topological polar surface area (TPSA) is 57.1 Å². The van der Waals surface area contributed by atoms with Gasteiger partial charge in [-0.05, 0) is 25.1 Å². The Balaban J connectivity index is 2.08. The van der Waals surface area contributed by atoms with Crippen LogP contribution < -0.4 is 10.6 Å². The molecule has 0 radical (unpaired) electrons. The first kappa shape index (κ1) is 9.23. The van der Waals surface area contributed by atoms with Crippen molar-refractivity contribution in [3.63, 3.8) is 0 Å². The molecule has 2 N–H and O–H groups in total. The fourth-order valence-electron chi connectivity index (χ4n) is 1.11. The van der Waals surface area contributed by atoms with Crippen LogP contribution in [0.4, 0.5) is 0 Å². The number of hydrogen-bond donors (Lipinski definition) is 2. The molecule has 1 heterocycles. The quantitative estimate of drug-likeness (QED) is 0.363. The Morgan fingerprint density at radius 3 is 3.17 bits per heavy atom. The van der Waals surface area contributed by atoms with Gasteiger partial charge in [0.1, 0.15) is 0 Å². The van der Waals surface area contributed by atoms with E-state index in [1.807, 2.05) is 0 Å². The molecule has 4 nitrogen and oxygen atoms in total. The van der Waals surface area contributed by atoms with Crippen LogP contribution in [-0.4, -0.2) is 24.4 Å². The third-order valence-corrected chi connectivity index (χ3v) is 1.93. The lowest BCUT2D eigenvalue weighted by atomic mass is 10.2. The van der Waals surface area contributed by atoms with Gasteiger partial charge in [0.05, 0.1) is 6.10 Å². The maximum Gasteiger partial charge on any atom is 0.183 e. The lowest BCUT2D eigenvalue weighted by Crippen LogP contribution is -2.37. The smallest absolute Gasteiger partial charge is 0.183 e. The van der Waals surface area contributed by atoms with Crippen LogP contribution in [0.15, 0.2) is 0 Å². The first-order valence-corrected chi connectivity index (χ1v) is 4.28. The fourth-order valence-corrected chi connectivity index (χ4v) is 1.24. The number of nitrogens with zero attached hydrogens (tertiary/aromatic N) is 1. The Bertz CT molecular complexity index is 195. The normalized spacial score (nSPS) is 21.4. The first-order chi connectivity index (χ1) is 5.83. The predicted molar refractivity (Wildman–Crippen MR) is 48.3 cm³/mol. The highest BCUT2D eigenvalue weighted by atomic mass is 32.1. The van der Waals surface area contributed by atoms with Crippen LogP contribution in [0.25, 0.3) is 0 Å². The standard InChI is InChI=1S/C7H11N3OS/c8-5-10-7(12)9-4-6-2-1-3-11-6/h6H,1-4H2,(H2,9,10,12). The van der Waals surface area contributed by atoms with Crippen molar-refractivity contribution in [1.29, 1.82) is 5.26 Å². The van der Waals surface area contributed by atoms with Crippen LogP contribution in [0.1, 0.15) is 12.8 Å². The molecule has 1 rings (SSSR count). The van der Waals surface area contributed by atoms with E-state index < -0.39 is 0 Å². The Hall–Kier alpha value is -0.860. The van der Waals surface area contributed by atoms with Gasteiger partial charge in [0, 0.05) is 13.2 Å². The summed E-state index contributed by atoms with van der Waals surface area (Å²) in [6.07, 6.45) is 4.19. The van der Waals surface area contributed by atoms with Crippen molar-refractivity contribution < 1.29 is 4.74 Å². The molecular weight excluding hydrogens is 174 g/mol. The van der Waals surface area contributed by atoms with E-state index in [0.717, 1.165) is 19.4 Å². The highest BCUT2D eigenvalue weighted by molar-refractivity contribution is 7.80. The average molecular weight is 185 g/mol. The van der Waals surface area contributed by atoms with Gasteiger partial charge in [-0.2, -0.15) is 5.26 Å². The van der Waals surface area contributed by atoms with E-state index in [2.05, 4.69) is 10.6 Å². The molecular formula is C7H11N3OS. The summed E-state index contributed by atoms with van der Waals surface area (Å²) in [5.41, 5.74) is 0. The third-order valence-electron chi connectivity index (χ3n) is 1.68. The van der Waals surface area contributed by atoms with Gasteiger partial charge in [-0.1, -0.05) is 0 Å². The lowest BCUT2D eigenvalue weighted by Gasteiger charge is -2.10. The second kappa shape index (κ2) is 4.91. The molecule has 0 amide bonds. The molecule has 0 bridgehead atoms. The Morgan fingerprint density at radius 1 is 1.75 bits per heavy atom. The van der Waals surface area contributed by atoms with Gasteiger partial charge in [-0.25, -0.2) is 0 Å². The number of nitrogens with one attached hydrogen (secondary N) is 2. The first-order valence-electron chi connectivity index (χ1n) is 3.87. The summed E-state index contributed by atoms with van der Waals surface area (Å²) in [4.78, 5) is 0. The van der Waals surface area contributed by atoms with E-state index in [1.165, 1.54) is 0 Å². The van der Waals surface area contributed by atoms with Gasteiger partial charge < -0.3 is 10.1 Å². The van der Waals surface area contributed by atoms with Crippen LogP contribution >= 0.6 is 12.2 Å². The van der Waals surface area contributed by atoms with Gasteiger partial charge in [-0.15, -0.1) is 0 Å². The molecule has 0 spiro atoms. The molecule has 0 aromatic rings. The summed E-state index contributed by atoms with van der Waals surface area (Å²) in [6, 6.07) is 0. The Morgan fingerprint density at radius 2 is 2.58 bits per heavy atom. The fraction of sp³-hybridized carbons (Fsp3) is 0.714. The SMILES string of the molecule is N#CNC(=S)NCC1CCCO1. The van der Waals surface area contributed by atoms with E-state index in [9.17, 15) is 0 Å². The van der Waals surface area contributed by atoms with Crippen LogP contribution in [0.5, 0.6) is 0 Å². The molecule has 66 valence electrons. The lowest BCUT2D eigenvalue weighted by molar-refractivity contribution is 0.114. The second-order valence-electron chi connectivity index (χ2n) is 2.58. The van der Waals surface area contributed by atoms with Gasteiger partial charge in [0.25, 0.3) is 0 Å². The zero-order chi connectivity index (χ0) is 8.81. The molecule has 1 unspecified atom stereocenters. The maximum atomic E-state index is 8.21. The number of rotatable bonds is 2. The molecule has 12 heavy (non-hydrogen) atoms. The largest absolute Gasteiger partial charge is 0.376 e. The Kier molecular flexibility index (Phi) is 3.77. The van der Waals surface area contributed by atoms with E-state index in [4.69, 9.17) is 22.2 Å². The summed E-state index contributed by atoms with van der Waals surface area (Å²) < 4.78 is 5.35. The maximum absolute atomic E-state index is 8.21. The molecule has 1 saturated heterocycles. The molecule has 0 aromatic carbocycles. The Labute approximate surface area is 76.9 Å². The van der Waals surface area contributed by atoms with Crippen molar-refractivity contribution in [2.45, 2.75) is 18.9 Å².